The average molecular weight is 1750 g/mol. The number of carbonyl (C=O) groups is 2. The molecular weight excluding hydrogens is 1630 g/mol. The first-order valence-corrected chi connectivity index (χ1v) is 46.5. The van der Waals surface area contributed by atoms with Crippen LogP contribution in [0.2, 0.25) is 0 Å². The van der Waals surface area contributed by atoms with Gasteiger partial charge in [-0.25, -0.2) is 29.9 Å². The van der Waals surface area contributed by atoms with Crippen LogP contribution in [0.1, 0.15) is 190 Å². The number of para-hydroxylation sites is 13. The van der Waals surface area contributed by atoms with E-state index in [4.69, 9.17) is 36.3 Å². The van der Waals surface area contributed by atoms with E-state index in [1.54, 1.807) is 0 Å². The molecule has 2 fully saturated rings. The molecule has 2 amide bonds. The van der Waals surface area contributed by atoms with Crippen LogP contribution in [0.15, 0.2) is 328 Å². The van der Waals surface area contributed by atoms with Gasteiger partial charge in [-0.1, -0.05) is 283 Å². The smallest absolute Gasteiger partial charge is 0.227 e. The van der Waals surface area contributed by atoms with Crippen molar-refractivity contribution in [2.45, 2.75) is 194 Å². The zero-order chi connectivity index (χ0) is 92.9. The number of amides is 2. The number of fused-ring (bicyclic) bond motifs is 6. The molecule has 0 spiro atoms. The first kappa shape index (κ1) is 92.6. The maximum atomic E-state index is 12.5. The van der Waals surface area contributed by atoms with E-state index in [-0.39, 0.29) is 40.0 Å². The maximum Gasteiger partial charge on any atom is 0.227 e. The largest absolute Gasteiger partial charge is 0.373 e. The number of terminal acetylenes is 1. The second-order valence-corrected chi connectivity index (χ2v) is 35.8. The average Bonchev–Trinajstić information content (AvgIpc) is 1.58. The van der Waals surface area contributed by atoms with Crippen molar-refractivity contribution in [3.63, 3.8) is 0 Å². The van der Waals surface area contributed by atoms with E-state index in [1.807, 2.05) is 271 Å². The van der Waals surface area contributed by atoms with Gasteiger partial charge in [0, 0.05) is 93.7 Å². The molecular formula is C114H122N14O4. The molecule has 132 heavy (non-hydrogen) atoms. The molecule has 18 heteroatoms. The van der Waals surface area contributed by atoms with Crippen molar-refractivity contribution in [2.75, 3.05) is 18.0 Å². The standard InChI is InChI=1S/C27H22N2O.C22H20N2O.C19H19N3O.C17H23N3O.C16H20N2.C13H18N2/c30-27(22-14-6-2-7-15-22,23-16-8-3-9-17-23)26-28-24-18-10-11-19-25(24)29(26)20-21-12-4-1-5-13-21;1-2-24-20-16-10-9-15-19(20)23-21(24)22(25,17-11-5-3-6-12-17)18-13-7-4-8-14-18;1-2-21-17-11-7-6-10-16(17)20-19(21)14-12-18(23)22(13-14)15-8-4-3-5-9-15;1-5-19-14-9-7-6-8-13(14)18-16(19)12-10-15(21)20(11-12)17(2,3)4;1-5-16(6-2,7-3)15-17-13-11-9-10-12-14(13)18(15)8-4;1-5-15-11-9-7-6-8-10(11)14-12(15)13(2,3)4/h1-19,30H,20H2;3-16,25H,2H2,1H3;3-11,14H,2,12-13H2,1H3;6-9,12H,5,10-11H2,1-4H3;1,9-12H,6-8H2,2-4H3;6-9H,5H2,1-4H3. The van der Waals surface area contributed by atoms with Gasteiger partial charge in [0.05, 0.1) is 71.6 Å². The summed E-state index contributed by atoms with van der Waals surface area (Å²) in [6.07, 6.45) is 8.74. The zero-order valence-corrected chi connectivity index (χ0v) is 78.4. The lowest BCUT2D eigenvalue weighted by Crippen LogP contribution is -2.42. The Balaban J connectivity index is 0.000000123. The van der Waals surface area contributed by atoms with Crippen molar-refractivity contribution in [2.24, 2.45) is 0 Å². The molecule has 0 bridgehead atoms. The van der Waals surface area contributed by atoms with Gasteiger partial charge in [-0.3, -0.25) is 9.59 Å². The van der Waals surface area contributed by atoms with Crippen molar-refractivity contribution in [1.82, 2.24) is 62.2 Å². The molecule has 2 aliphatic heterocycles. The molecule has 8 heterocycles. The minimum absolute atomic E-state index is 0.106. The molecule has 2 N–H and O–H groups in total. The molecule has 0 radical (unpaired) electrons. The summed E-state index contributed by atoms with van der Waals surface area (Å²) in [5.41, 5.74) is 15.1. The van der Waals surface area contributed by atoms with Crippen LogP contribution in [0.5, 0.6) is 0 Å². The van der Waals surface area contributed by atoms with E-state index < -0.39 is 11.2 Å². The number of nitrogens with zero attached hydrogens (tertiary/aromatic N) is 14. The van der Waals surface area contributed by atoms with Gasteiger partial charge in [0.1, 0.15) is 23.3 Å². The Morgan fingerprint density at radius 3 is 0.947 bits per heavy atom. The SMILES string of the molecule is C#CC(CC)(CC)c1nc2ccccc2n1CC.CCn1c(C(C)(C)C)nc2ccccc21.CCn1c(C(O)(c2ccccc2)c2ccccc2)nc2ccccc21.CCn1c(C2CC(=O)N(C(C)(C)C)C2)nc2ccccc21.CCn1c(C2CC(=O)N(c3ccccc3)C2)nc2ccccc21.OC(c1ccccc1)(c1ccccc1)c1nc2ccccc2n1Cc1ccccc1. The number of likely N-dealkylation sites (tertiary alicyclic amines) is 1. The highest BCUT2D eigenvalue weighted by Gasteiger charge is 2.43. The molecule has 2 aliphatic rings. The van der Waals surface area contributed by atoms with Gasteiger partial charge in [0.2, 0.25) is 11.8 Å². The number of hydrogen-bond acceptors (Lipinski definition) is 10. The van der Waals surface area contributed by atoms with Crippen molar-refractivity contribution in [3.05, 3.63) is 390 Å². The highest BCUT2D eigenvalue weighted by Crippen LogP contribution is 2.42. The Labute approximate surface area is 776 Å². The van der Waals surface area contributed by atoms with Crippen LogP contribution < -0.4 is 4.90 Å². The maximum absolute atomic E-state index is 12.5. The van der Waals surface area contributed by atoms with Crippen LogP contribution in [0, 0.1) is 12.3 Å². The molecule has 2 saturated heterocycles. The second kappa shape index (κ2) is 40.5. The monoisotopic (exact) mass is 1750 g/mol. The first-order valence-electron chi connectivity index (χ1n) is 46.5. The normalized spacial score (nSPS) is 14.1. The Bertz CT molecular complexity index is 6890. The van der Waals surface area contributed by atoms with Crippen LogP contribution in [0.25, 0.3) is 66.2 Å². The quantitative estimate of drug-likeness (QED) is 0.0737. The minimum Gasteiger partial charge on any atom is -0.373 e. The van der Waals surface area contributed by atoms with E-state index in [9.17, 15) is 19.8 Å². The Morgan fingerprint density at radius 1 is 0.326 bits per heavy atom. The molecule has 18 aromatic rings. The highest BCUT2D eigenvalue weighted by atomic mass is 16.3. The van der Waals surface area contributed by atoms with Gasteiger partial charge in [0.15, 0.2) is 22.9 Å². The van der Waals surface area contributed by atoms with Gasteiger partial charge in [-0.05, 0) is 181 Å². The number of rotatable bonds is 19. The van der Waals surface area contributed by atoms with Crippen LogP contribution in [-0.4, -0.2) is 103 Å². The fourth-order valence-corrected chi connectivity index (χ4v) is 18.8. The summed E-state index contributed by atoms with van der Waals surface area (Å²) in [5.74, 6) is 9.30. The fourth-order valence-electron chi connectivity index (χ4n) is 18.8. The lowest BCUT2D eigenvalue weighted by Gasteiger charge is -2.32. The number of aromatic nitrogens is 12. The number of benzene rings is 12. The van der Waals surface area contributed by atoms with Crippen LogP contribution >= 0.6 is 0 Å². The highest BCUT2D eigenvalue weighted by molar-refractivity contribution is 5.96. The van der Waals surface area contributed by atoms with E-state index >= 15 is 0 Å². The Hall–Kier alpha value is -14.1. The summed E-state index contributed by atoms with van der Waals surface area (Å²) < 4.78 is 13.3. The zero-order valence-electron chi connectivity index (χ0n) is 78.4. The van der Waals surface area contributed by atoms with Crippen LogP contribution in [0.4, 0.5) is 5.69 Å². The molecule has 18 nitrogen and oxygen atoms in total. The number of imidazole rings is 6. The van der Waals surface area contributed by atoms with E-state index in [2.05, 4.69) is 190 Å². The topological polar surface area (TPSA) is 188 Å². The van der Waals surface area contributed by atoms with Crippen LogP contribution in [0.3, 0.4) is 0 Å². The lowest BCUT2D eigenvalue weighted by molar-refractivity contribution is -0.131. The summed E-state index contributed by atoms with van der Waals surface area (Å²) in [6, 6.07) is 108. The predicted molar refractivity (Wildman–Crippen MR) is 537 cm³/mol. The molecule has 0 saturated carbocycles. The molecule has 20 rings (SSSR count). The van der Waals surface area contributed by atoms with E-state index in [0.717, 1.165) is 158 Å². The third kappa shape index (κ3) is 18.8. The van der Waals surface area contributed by atoms with Gasteiger partial charge in [-0.2, -0.15) is 0 Å². The van der Waals surface area contributed by atoms with E-state index in [1.165, 1.54) is 16.9 Å². The van der Waals surface area contributed by atoms with E-state index in [0.29, 0.717) is 37.6 Å². The summed E-state index contributed by atoms with van der Waals surface area (Å²) in [6.45, 7) is 34.3. The van der Waals surface area contributed by atoms with Crippen molar-refractivity contribution < 1.29 is 19.8 Å². The summed E-state index contributed by atoms with van der Waals surface area (Å²) in [7, 11) is 0. The third-order valence-electron chi connectivity index (χ3n) is 25.6. The number of hydrogen-bond donors (Lipinski definition) is 2. The van der Waals surface area contributed by atoms with Gasteiger partial charge in [-0.15, -0.1) is 6.42 Å². The number of aryl methyl sites for hydroxylation is 5. The molecule has 6 aromatic heterocycles. The lowest BCUT2D eigenvalue weighted by atomic mass is 9.82. The van der Waals surface area contributed by atoms with Crippen molar-refractivity contribution in [1.29, 1.82) is 0 Å². The van der Waals surface area contributed by atoms with Crippen molar-refractivity contribution in [3.8, 4) is 12.3 Å². The predicted octanol–water partition coefficient (Wildman–Crippen LogP) is 23.6. The van der Waals surface area contributed by atoms with Gasteiger partial charge in [0.25, 0.3) is 0 Å². The summed E-state index contributed by atoms with van der Waals surface area (Å²) in [4.78, 5) is 57.5. The van der Waals surface area contributed by atoms with Gasteiger partial charge < -0.3 is 47.4 Å². The molecule has 2 atom stereocenters. The number of aliphatic hydroxyl groups is 2. The Kier molecular flexibility index (Phi) is 28.4. The summed E-state index contributed by atoms with van der Waals surface area (Å²) in [5, 5.41) is 24.3. The molecule has 0 aliphatic carbocycles. The Morgan fingerprint density at radius 2 is 0.606 bits per heavy atom. The summed E-state index contributed by atoms with van der Waals surface area (Å²) >= 11 is 0. The molecule has 672 valence electrons. The number of anilines is 1. The second-order valence-electron chi connectivity index (χ2n) is 35.8. The molecule has 12 aromatic carbocycles. The van der Waals surface area contributed by atoms with Crippen molar-refractivity contribution >= 4 is 83.7 Å². The fraction of sp³-hybridized carbons (Fsp3) is 0.281. The number of carbonyl (C=O) groups excluding carboxylic acids is 2. The first-order chi connectivity index (χ1) is 64.0. The van der Waals surface area contributed by atoms with Gasteiger partial charge >= 0.3 is 0 Å². The third-order valence-corrected chi connectivity index (χ3v) is 25.6. The molecule has 2 unspecified atom stereocenters. The van der Waals surface area contributed by atoms with Crippen LogP contribution in [-0.2, 0) is 70.9 Å². The minimum atomic E-state index is -1.38.